The van der Waals surface area contributed by atoms with Crippen molar-refractivity contribution in [3.05, 3.63) is 126 Å². The molecular formula is C35H38FN3O5S. The third kappa shape index (κ3) is 9.64. The fourth-order valence-electron chi connectivity index (χ4n) is 4.71. The Labute approximate surface area is 264 Å². The number of nitrogens with zero attached hydrogens (tertiary/aromatic N) is 2. The first kappa shape index (κ1) is 33.2. The number of para-hydroxylation sites is 1. The van der Waals surface area contributed by atoms with Gasteiger partial charge < -0.3 is 15.0 Å². The molecule has 236 valence electrons. The number of benzene rings is 4. The van der Waals surface area contributed by atoms with Crippen LogP contribution in [0.3, 0.4) is 0 Å². The lowest BCUT2D eigenvalue weighted by Gasteiger charge is -2.33. The highest BCUT2D eigenvalue weighted by Crippen LogP contribution is 2.26. The van der Waals surface area contributed by atoms with Crippen molar-refractivity contribution in [2.24, 2.45) is 5.92 Å². The van der Waals surface area contributed by atoms with Gasteiger partial charge in [-0.05, 0) is 53.9 Å². The number of halogens is 1. The van der Waals surface area contributed by atoms with Crippen LogP contribution in [-0.2, 0) is 32.6 Å². The summed E-state index contributed by atoms with van der Waals surface area (Å²) < 4.78 is 47.8. The highest BCUT2D eigenvalue weighted by molar-refractivity contribution is 7.92. The summed E-state index contributed by atoms with van der Waals surface area (Å²) in [6.07, 6.45) is 1.15. The molecule has 0 aliphatic heterocycles. The van der Waals surface area contributed by atoms with Crippen LogP contribution in [0, 0.1) is 11.7 Å². The highest BCUT2D eigenvalue weighted by atomic mass is 32.2. The minimum absolute atomic E-state index is 0.148. The maximum atomic E-state index is 14.9. The second-order valence-electron chi connectivity index (χ2n) is 11.1. The molecule has 0 spiro atoms. The molecular weight excluding hydrogens is 593 g/mol. The fourth-order valence-corrected chi connectivity index (χ4v) is 5.56. The molecule has 2 amide bonds. The number of anilines is 1. The topological polar surface area (TPSA) is 96.0 Å². The molecule has 0 saturated heterocycles. The molecule has 0 radical (unpaired) electrons. The van der Waals surface area contributed by atoms with E-state index in [0.717, 1.165) is 16.1 Å². The van der Waals surface area contributed by atoms with Gasteiger partial charge in [0, 0.05) is 25.1 Å². The average molecular weight is 632 g/mol. The molecule has 10 heteroatoms. The van der Waals surface area contributed by atoms with Gasteiger partial charge in [0.25, 0.3) is 0 Å². The lowest BCUT2D eigenvalue weighted by molar-refractivity contribution is -0.140. The SMILES string of the molecule is CC(C)CNC(=O)[C@H](Cc1ccccc1)N(Cc1ccccc1F)C(=O)CN(c1ccc(Oc2ccccc2)cc1)S(C)(=O)=O. The van der Waals surface area contributed by atoms with E-state index in [1.165, 1.54) is 11.0 Å². The Morgan fingerprint density at radius 2 is 1.40 bits per heavy atom. The van der Waals surface area contributed by atoms with E-state index in [-0.39, 0.29) is 30.1 Å². The Balaban J connectivity index is 1.68. The number of hydrogen-bond donors (Lipinski definition) is 1. The summed E-state index contributed by atoms with van der Waals surface area (Å²) in [6.45, 7) is 3.44. The molecule has 45 heavy (non-hydrogen) atoms. The van der Waals surface area contributed by atoms with Crippen molar-refractivity contribution in [2.75, 3.05) is 23.7 Å². The summed E-state index contributed by atoms with van der Waals surface area (Å²) in [5, 5.41) is 2.91. The minimum Gasteiger partial charge on any atom is -0.457 e. The normalized spacial score (nSPS) is 11.9. The van der Waals surface area contributed by atoms with E-state index < -0.39 is 40.2 Å². The van der Waals surface area contributed by atoms with E-state index in [0.29, 0.717) is 18.0 Å². The Kier molecular flexibility index (Phi) is 11.3. The summed E-state index contributed by atoms with van der Waals surface area (Å²) in [4.78, 5) is 29.1. The second-order valence-corrected chi connectivity index (χ2v) is 13.0. The first-order chi connectivity index (χ1) is 21.5. The van der Waals surface area contributed by atoms with Crippen molar-refractivity contribution in [1.82, 2.24) is 10.2 Å². The zero-order chi connectivity index (χ0) is 32.4. The smallest absolute Gasteiger partial charge is 0.244 e. The summed E-state index contributed by atoms with van der Waals surface area (Å²) >= 11 is 0. The predicted molar refractivity (Wildman–Crippen MR) is 174 cm³/mol. The number of carbonyl (C=O) groups is 2. The summed E-state index contributed by atoms with van der Waals surface area (Å²) in [6, 6.07) is 29.6. The molecule has 0 heterocycles. The molecule has 1 atom stereocenters. The van der Waals surface area contributed by atoms with Gasteiger partial charge in [-0.3, -0.25) is 13.9 Å². The monoisotopic (exact) mass is 631 g/mol. The molecule has 0 aromatic heterocycles. The second kappa shape index (κ2) is 15.3. The molecule has 0 aliphatic rings. The van der Waals surface area contributed by atoms with Gasteiger partial charge in [0.2, 0.25) is 21.8 Å². The van der Waals surface area contributed by atoms with Gasteiger partial charge in [-0.15, -0.1) is 0 Å². The van der Waals surface area contributed by atoms with Crippen molar-refractivity contribution in [1.29, 1.82) is 0 Å². The minimum atomic E-state index is -3.96. The number of sulfonamides is 1. The Hall–Kier alpha value is -4.70. The quantitative estimate of drug-likeness (QED) is 0.190. The molecule has 4 aromatic rings. The molecule has 0 unspecified atom stereocenters. The Morgan fingerprint density at radius 1 is 0.822 bits per heavy atom. The zero-order valence-electron chi connectivity index (χ0n) is 25.6. The van der Waals surface area contributed by atoms with Gasteiger partial charge >= 0.3 is 0 Å². The van der Waals surface area contributed by atoms with E-state index in [4.69, 9.17) is 4.74 Å². The van der Waals surface area contributed by atoms with Gasteiger partial charge in [-0.25, -0.2) is 12.8 Å². The number of amides is 2. The van der Waals surface area contributed by atoms with Crippen LogP contribution < -0.4 is 14.4 Å². The van der Waals surface area contributed by atoms with Gasteiger partial charge in [0.05, 0.1) is 11.9 Å². The molecule has 0 aliphatic carbocycles. The third-order valence-corrected chi connectivity index (χ3v) is 8.18. The predicted octanol–water partition coefficient (Wildman–Crippen LogP) is 5.80. The number of rotatable bonds is 14. The molecule has 4 rings (SSSR count). The number of carbonyl (C=O) groups excluding carboxylic acids is 2. The number of ether oxygens (including phenoxy) is 1. The highest BCUT2D eigenvalue weighted by Gasteiger charge is 2.33. The van der Waals surface area contributed by atoms with E-state index in [2.05, 4.69) is 5.32 Å². The number of nitrogens with one attached hydrogen (secondary N) is 1. The van der Waals surface area contributed by atoms with Crippen molar-refractivity contribution < 1.29 is 27.1 Å². The molecule has 0 bridgehead atoms. The largest absolute Gasteiger partial charge is 0.457 e. The van der Waals surface area contributed by atoms with Crippen molar-refractivity contribution in [2.45, 2.75) is 32.9 Å². The standard InChI is InChI=1S/C35H38FN3O5S/c1-26(2)23-37-35(41)33(22-27-12-6-4-7-13-27)38(24-28-14-10-11-17-32(28)36)34(40)25-39(45(3,42)43)29-18-20-31(21-19-29)44-30-15-8-5-9-16-30/h4-21,26,33H,22-25H2,1-3H3,(H,37,41)/t33-/m0/s1. The molecule has 0 saturated carbocycles. The van der Waals surface area contributed by atoms with Crippen LogP contribution >= 0.6 is 0 Å². The maximum absolute atomic E-state index is 14.9. The van der Waals surface area contributed by atoms with Crippen LogP contribution in [0.4, 0.5) is 10.1 Å². The summed E-state index contributed by atoms with van der Waals surface area (Å²) in [5.41, 5.74) is 1.23. The van der Waals surface area contributed by atoms with Crippen LogP contribution in [0.25, 0.3) is 0 Å². The first-order valence-electron chi connectivity index (χ1n) is 14.7. The molecule has 1 N–H and O–H groups in total. The fraction of sp³-hybridized carbons (Fsp3) is 0.257. The van der Waals surface area contributed by atoms with Gasteiger partial charge in [-0.2, -0.15) is 0 Å². The number of hydrogen-bond acceptors (Lipinski definition) is 5. The lowest BCUT2D eigenvalue weighted by Crippen LogP contribution is -2.53. The third-order valence-electron chi connectivity index (χ3n) is 7.04. The van der Waals surface area contributed by atoms with Crippen molar-refractivity contribution in [3.63, 3.8) is 0 Å². The van der Waals surface area contributed by atoms with Gasteiger partial charge in [-0.1, -0.05) is 80.6 Å². The van der Waals surface area contributed by atoms with E-state index in [9.17, 15) is 22.4 Å². The average Bonchev–Trinajstić information content (AvgIpc) is 3.02. The first-order valence-corrected chi connectivity index (χ1v) is 16.5. The lowest BCUT2D eigenvalue weighted by atomic mass is 10.0. The summed E-state index contributed by atoms with van der Waals surface area (Å²) in [5.74, 6) is -0.360. The van der Waals surface area contributed by atoms with Gasteiger partial charge in [0.15, 0.2) is 0 Å². The molecule has 8 nitrogen and oxygen atoms in total. The van der Waals surface area contributed by atoms with Crippen LogP contribution in [0.2, 0.25) is 0 Å². The van der Waals surface area contributed by atoms with Crippen LogP contribution in [0.15, 0.2) is 109 Å². The van der Waals surface area contributed by atoms with Gasteiger partial charge in [0.1, 0.15) is 29.9 Å². The van der Waals surface area contributed by atoms with Crippen LogP contribution in [0.1, 0.15) is 25.0 Å². The summed E-state index contributed by atoms with van der Waals surface area (Å²) in [7, 11) is -3.96. The van der Waals surface area contributed by atoms with Crippen LogP contribution in [-0.4, -0.2) is 50.5 Å². The van der Waals surface area contributed by atoms with Crippen molar-refractivity contribution >= 4 is 27.5 Å². The molecule has 0 fully saturated rings. The van der Waals surface area contributed by atoms with E-state index in [1.54, 1.807) is 54.6 Å². The van der Waals surface area contributed by atoms with Crippen molar-refractivity contribution in [3.8, 4) is 11.5 Å². The van der Waals surface area contributed by atoms with E-state index >= 15 is 0 Å². The van der Waals surface area contributed by atoms with E-state index in [1.807, 2.05) is 62.4 Å². The maximum Gasteiger partial charge on any atom is 0.244 e. The van der Waals surface area contributed by atoms with Crippen LogP contribution in [0.5, 0.6) is 11.5 Å². The Morgan fingerprint density at radius 3 is 2.00 bits per heavy atom. The molecule has 4 aromatic carbocycles. The Bertz CT molecular complexity index is 1670. The zero-order valence-corrected chi connectivity index (χ0v) is 26.4.